The zero-order valence-electron chi connectivity index (χ0n) is 9.83. The normalized spacial score (nSPS) is 18.2. The molecule has 0 aliphatic carbocycles. The number of nitrogens with one attached hydrogen (secondary N) is 1. The molecule has 1 atom stereocenters. The second kappa shape index (κ2) is 7.80. The molecular formula is C12H16Br2ClFN2. The largest absolute Gasteiger partial charge is 0.314 e. The predicted octanol–water partition coefficient (Wildman–Crippen LogP) is 3.55. The average Bonchev–Trinajstić information content (AvgIpc) is 2.36. The Hall–Kier alpha value is 0.320. The second-order valence-electron chi connectivity index (χ2n) is 4.13. The fraction of sp³-hybridized carbons (Fsp3) is 0.500. The van der Waals surface area contributed by atoms with Gasteiger partial charge < -0.3 is 5.32 Å². The molecule has 0 unspecified atom stereocenters. The van der Waals surface area contributed by atoms with E-state index in [4.69, 9.17) is 0 Å². The number of piperazine rings is 1. The highest BCUT2D eigenvalue weighted by Crippen LogP contribution is 2.29. The quantitative estimate of drug-likeness (QED) is 0.832. The van der Waals surface area contributed by atoms with Crippen molar-refractivity contribution >= 4 is 44.3 Å². The molecule has 1 aliphatic rings. The Bertz CT molecular complexity index is 386. The molecule has 2 rings (SSSR count). The average molecular weight is 403 g/mol. The third-order valence-corrected chi connectivity index (χ3v) is 4.95. The second-order valence-corrected chi connectivity index (χ2v) is 5.84. The van der Waals surface area contributed by atoms with Crippen LogP contribution in [0.2, 0.25) is 0 Å². The molecule has 1 aromatic rings. The minimum Gasteiger partial charge on any atom is -0.314 e. The van der Waals surface area contributed by atoms with Gasteiger partial charge in [-0.05, 0) is 49.6 Å². The van der Waals surface area contributed by atoms with Gasteiger partial charge in [0.15, 0.2) is 0 Å². The van der Waals surface area contributed by atoms with Crippen LogP contribution in [0, 0.1) is 0 Å². The van der Waals surface area contributed by atoms with Gasteiger partial charge in [0, 0.05) is 35.1 Å². The third-order valence-electron chi connectivity index (χ3n) is 3.07. The van der Waals surface area contributed by atoms with E-state index in [1.807, 2.05) is 18.2 Å². The first-order valence-corrected chi connectivity index (χ1v) is 7.26. The van der Waals surface area contributed by atoms with Crippen molar-refractivity contribution in [3.05, 3.63) is 32.7 Å². The summed E-state index contributed by atoms with van der Waals surface area (Å²) < 4.78 is 15.2. The number of hydrogen-bond acceptors (Lipinski definition) is 2. The molecule has 0 spiro atoms. The summed E-state index contributed by atoms with van der Waals surface area (Å²) in [4.78, 5) is 2.20. The number of benzene rings is 1. The van der Waals surface area contributed by atoms with Gasteiger partial charge in [-0.2, -0.15) is 0 Å². The van der Waals surface area contributed by atoms with Crippen molar-refractivity contribution < 1.29 is 4.39 Å². The molecule has 1 heterocycles. The molecule has 6 heteroatoms. The van der Waals surface area contributed by atoms with Crippen molar-refractivity contribution in [2.75, 3.05) is 32.9 Å². The van der Waals surface area contributed by atoms with Gasteiger partial charge in [0.1, 0.15) is 6.67 Å². The molecule has 1 saturated heterocycles. The van der Waals surface area contributed by atoms with Crippen molar-refractivity contribution in [3.63, 3.8) is 0 Å². The van der Waals surface area contributed by atoms with Crippen LogP contribution in [0.15, 0.2) is 27.1 Å². The van der Waals surface area contributed by atoms with Crippen LogP contribution in [0.1, 0.15) is 11.6 Å². The Morgan fingerprint density at radius 1 is 1.22 bits per heavy atom. The Balaban J connectivity index is 0.00000162. The maximum Gasteiger partial charge on any atom is 0.109 e. The number of hydrogen-bond donors (Lipinski definition) is 1. The maximum absolute atomic E-state index is 13.3. The van der Waals surface area contributed by atoms with Crippen LogP contribution in [-0.4, -0.2) is 37.8 Å². The molecule has 0 amide bonds. The Morgan fingerprint density at radius 3 is 2.44 bits per heavy atom. The predicted molar refractivity (Wildman–Crippen MR) is 82.2 cm³/mol. The van der Waals surface area contributed by atoms with Crippen molar-refractivity contribution in [2.45, 2.75) is 6.04 Å². The van der Waals surface area contributed by atoms with Crippen molar-refractivity contribution in [2.24, 2.45) is 0 Å². The van der Waals surface area contributed by atoms with Gasteiger partial charge in [-0.3, -0.25) is 4.90 Å². The van der Waals surface area contributed by atoms with Crippen LogP contribution >= 0.6 is 44.3 Å². The zero-order chi connectivity index (χ0) is 12.3. The van der Waals surface area contributed by atoms with Crippen molar-refractivity contribution in [1.82, 2.24) is 10.2 Å². The van der Waals surface area contributed by atoms with Crippen LogP contribution in [0.3, 0.4) is 0 Å². The van der Waals surface area contributed by atoms with Gasteiger partial charge in [-0.15, -0.1) is 12.4 Å². The lowest BCUT2D eigenvalue weighted by Crippen LogP contribution is -2.45. The van der Waals surface area contributed by atoms with Crippen LogP contribution in [0.25, 0.3) is 0 Å². The van der Waals surface area contributed by atoms with E-state index in [0.717, 1.165) is 40.7 Å². The molecule has 0 radical (unpaired) electrons. The standard InChI is InChI=1S/C12H15Br2FN2.ClH/c13-10-2-1-9(7-11(10)14)12(8-15)17-5-3-16-4-6-17;/h1-2,7,12,16H,3-6,8H2;1H/t12-;/m0./s1. The van der Waals surface area contributed by atoms with Crippen LogP contribution in [0.5, 0.6) is 0 Å². The molecule has 0 aromatic heterocycles. The molecule has 102 valence electrons. The Morgan fingerprint density at radius 2 is 1.89 bits per heavy atom. The van der Waals surface area contributed by atoms with Crippen LogP contribution in [0.4, 0.5) is 4.39 Å². The lowest BCUT2D eigenvalue weighted by atomic mass is 10.1. The first kappa shape index (κ1) is 16.4. The maximum atomic E-state index is 13.3. The van der Waals surface area contributed by atoms with Crippen molar-refractivity contribution in [3.8, 4) is 0 Å². The first-order valence-electron chi connectivity index (χ1n) is 5.68. The van der Waals surface area contributed by atoms with E-state index < -0.39 is 0 Å². The zero-order valence-corrected chi connectivity index (χ0v) is 13.8. The number of nitrogens with zero attached hydrogens (tertiary/aromatic N) is 1. The lowest BCUT2D eigenvalue weighted by molar-refractivity contribution is 0.147. The van der Waals surface area contributed by atoms with E-state index in [2.05, 4.69) is 42.1 Å². The number of halogens is 4. The third kappa shape index (κ3) is 3.90. The summed E-state index contributed by atoms with van der Waals surface area (Å²) in [5, 5.41) is 3.28. The smallest absolute Gasteiger partial charge is 0.109 e. The fourth-order valence-electron chi connectivity index (χ4n) is 2.11. The number of alkyl halides is 1. The SMILES string of the molecule is Cl.FC[C@@H](c1ccc(Br)c(Br)c1)N1CCNCC1. The summed E-state index contributed by atoms with van der Waals surface area (Å²) in [6.45, 7) is 3.35. The minimum absolute atomic E-state index is 0. The summed E-state index contributed by atoms with van der Waals surface area (Å²) in [5.74, 6) is 0. The van der Waals surface area contributed by atoms with Gasteiger partial charge in [-0.25, -0.2) is 4.39 Å². The highest BCUT2D eigenvalue weighted by atomic mass is 79.9. The Kier molecular flexibility index (Phi) is 7.10. The van der Waals surface area contributed by atoms with Gasteiger partial charge in [0.2, 0.25) is 0 Å². The van der Waals surface area contributed by atoms with E-state index in [9.17, 15) is 4.39 Å². The van der Waals surface area contributed by atoms with E-state index in [1.54, 1.807) is 0 Å². The highest BCUT2D eigenvalue weighted by molar-refractivity contribution is 9.13. The topological polar surface area (TPSA) is 15.3 Å². The molecule has 18 heavy (non-hydrogen) atoms. The van der Waals surface area contributed by atoms with Crippen LogP contribution in [-0.2, 0) is 0 Å². The van der Waals surface area contributed by atoms with Crippen molar-refractivity contribution in [1.29, 1.82) is 0 Å². The molecule has 1 aromatic carbocycles. The van der Waals surface area contributed by atoms with Gasteiger partial charge in [0.05, 0.1) is 6.04 Å². The van der Waals surface area contributed by atoms with E-state index in [-0.39, 0.29) is 25.1 Å². The van der Waals surface area contributed by atoms with E-state index in [1.165, 1.54) is 0 Å². The number of rotatable bonds is 3. The monoisotopic (exact) mass is 400 g/mol. The molecule has 1 N–H and O–H groups in total. The van der Waals surface area contributed by atoms with E-state index >= 15 is 0 Å². The van der Waals surface area contributed by atoms with E-state index in [0.29, 0.717) is 0 Å². The summed E-state index contributed by atoms with van der Waals surface area (Å²) in [6.07, 6.45) is 0. The fourth-order valence-corrected chi connectivity index (χ4v) is 2.75. The molecule has 2 nitrogen and oxygen atoms in total. The summed E-state index contributed by atoms with van der Waals surface area (Å²) in [6, 6.07) is 5.82. The minimum atomic E-state index is -0.339. The summed E-state index contributed by atoms with van der Waals surface area (Å²) in [7, 11) is 0. The summed E-state index contributed by atoms with van der Waals surface area (Å²) in [5.41, 5.74) is 1.03. The highest BCUT2D eigenvalue weighted by Gasteiger charge is 2.22. The van der Waals surface area contributed by atoms with Gasteiger partial charge in [-0.1, -0.05) is 6.07 Å². The summed E-state index contributed by atoms with van der Waals surface area (Å²) >= 11 is 6.90. The van der Waals surface area contributed by atoms with Gasteiger partial charge in [0.25, 0.3) is 0 Å². The first-order chi connectivity index (χ1) is 8.22. The lowest BCUT2D eigenvalue weighted by Gasteiger charge is -2.33. The molecule has 0 bridgehead atoms. The van der Waals surface area contributed by atoms with Gasteiger partial charge >= 0.3 is 0 Å². The van der Waals surface area contributed by atoms with Crippen LogP contribution < -0.4 is 5.32 Å². The molecule has 1 aliphatic heterocycles. The molecule has 0 saturated carbocycles. The Labute approximate surface area is 130 Å². The molecule has 1 fully saturated rings. The molecular weight excluding hydrogens is 386 g/mol.